The zero-order valence-corrected chi connectivity index (χ0v) is 8.82. The molecule has 0 heterocycles. The molecule has 1 amide bonds. The lowest BCUT2D eigenvalue weighted by atomic mass is 10.1. The average molecular weight is 201 g/mol. The van der Waals surface area contributed by atoms with Crippen LogP contribution in [-0.4, -0.2) is 29.4 Å². The number of aldehydes is 1. The molecule has 2 N–H and O–H groups in total. The van der Waals surface area contributed by atoms with Crippen LogP contribution in [0, 0.1) is 0 Å². The number of hydrogen-bond acceptors (Lipinski definition) is 3. The van der Waals surface area contributed by atoms with Gasteiger partial charge in [0.25, 0.3) is 0 Å². The van der Waals surface area contributed by atoms with Crippen molar-refractivity contribution in [3.05, 3.63) is 0 Å². The third-order valence-electron chi connectivity index (χ3n) is 2.03. The average Bonchev–Trinajstić information content (AvgIpc) is 2.14. The molecule has 14 heavy (non-hydrogen) atoms. The van der Waals surface area contributed by atoms with Gasteiger partial charge in [-0.15, -0.1) is 0 Å². The molecule has 0 aromatic heterocycles. The number of carbonyl (C=O) groups is 2. The highest BCUT2D eigenvalue weighted by atomic mass is 16.3. The second-order valence-corrected chi connectivity index (χ2v) is 3.43. The molecular formula is C10H19NO3. The Morgan fingerprint density at radius 3 is 2.57 bits per heavy atom. The van der Waals surface area contributed by atoms with E-state index in [1.165, 1.54) is 6.92 Å². The Kier molecular flexibility index (Phi) is 7.02. The van der Waals surface area contributed by atoms with Crippen molar-refractivity contribution in [2.45, 2.75) is 51.7 Å². The first-order valence-electron chi connectivity index (χ1n) is 5.02. The minimum atomic E-state index is -0.761. The highest BCUT2D eigenvalue weighted by Gasteiger charge is 2.18. The van der Waals surface area contributed by atoms with Gasteiger partial charge in [-0.05, 0) is 6.42 Å². The maximum absolute atomic E-state index is 10.7. The first-order chi connectivity index (χ1) is 6.61. The van der Waals surface area contributed by atoms with Crippen molar-refractivity contribution >= 4 is 12.2 Å². The van der Waals surface area contributed by atoms with E-state index in [0.29, 0.717) is 12.7 Å². The largest absolute Gasteiger partial charge is 0.391 e. The van der Waals surface area contributed by atoms with Gasteiger partial charge in [0.2, 0.25) is 5.91 Å². The molecule has 82 valence electrons. The summed E-state index contributed by atoms with van der Waals surface area (Å²) in [4.78, 5) is 21.2. The van der Waals surface area contributed by atoms with Crippen molar-refractivity contribution in [1.82, 2.24) is 5.32 Å². The van der Waals surface area contributed by atoms with Crippen molar-refractivity contribution < 1.29 is 14.7 Å². The van der Waals surface area contributed by atoms with Gasteiger partial charge in [0.05, 0.1) is 6.10 Å². The van der Waals surface area contributed by atoms with Crippen molar-refractivity contribution in [2.75, 3.05) is 0 Å². The first kappa shape index (κ1) is 13.1. The Balaban J connectivity index is 3.84. The maximum atomic E-state index is 10.7. The summed E-state index contributed by atoms with van der Waals surface area (Å²) in [7, 11) is 0. The van der Waals surface area contributed by atoms with Crippen LogP contribution < -0.4 is 5.32 Å². The quantitative estimate of drug-likeness (QED) is 0.469. The summed E-state index contributed by atoms with van der Waals surface area (Å²) in [5.41, 5.74) is 0. The number of amides is 1. The van der Waals surface area contributed by atoms with E-state index in [1.54, 1.807) is 0 Å². The number of aliphatic hydroxyl groups excluding tert-OH is 1. The first-order valence-corrected chi connectivity index (χ1v) is 5.02. The molecule has 0 saturated carbocycles. The highest BCUT2D eigenvalue weighted by molar-refractivity contribution is 5.77. The van der Waals surface area contributed by atoms with E-state index >= 15 is 0 Å². The van der Waals surface area contributed by atoms with E-state index in [0.717, 1.165) is 19.3 Å². The molecule has 0 fully saturated rings. The van der Waals surface area contributed by atoms with Crippen molar-refractivity contribution in [2.24, 2.45) is 0 Å². The Morgan fingerprint density at radius 2 is 2.14 bits per heavy atom. The van der Waals surface area contributed by atoms with Crippen LogP contribution in [0.15, 0.2) is 0 Å². The summed E-state index contributed by atoms with van der Waals surface area (Å²) in [6, 6.07) is -0.760. The summed E-state index contributed by atoms with van der Waals surface area (Å²) >= 11 is 0. The predicted octanol–water partition coefficient (Wildman–Crippen LogP) is 0.631. The summed E-state index contributed by atoms with van der Waals surface area (Å²) in [6.45, 7) is 3.40. The number of nitrogens with one attached hydrogen (secondary N) is 1. The number of carbonyl (C=O) groups excluding carboxylic acids is 2. The summed E-state index contributed by atoms with van der Waals surface area (Å²) in [5.74, 6) is -0.295. The maximum Gasteiger partial charge on any atom is 0.217 e. The molecule has 0 aliphatic carbocycles. The van der Waals surface area contributed by atoms with E-state index in [2.05, 4.69) is 12.2 Å². The van der Waals surface area contributed by atoms with Crippen molar-refractivity contribution in [3.63, 3.8) is 0 Å². The molecular weight excluding hydrogens is 182 g/mol. The molecule has 0 bridgehead atoms. The Hall–Kier alpha value is -0.900. The van der Waals surface area contributed by atoms with Crippen LogP contribution in [0.4, 0.5) is 0 Å². The zero-order valence-electron chi connectivity index (χ0n) is 8.82. The van der Waals surface area contributed by atoms with E-state index in [-0.39, 0.29) is 5.91 Å². The second kappa shape index (κ2) is 7.50. The van der Waals surface area contributed by atoms with Gasteiger partial charge in [-0.25, -0.2) is 0 Å². The molecule has 0 radical (unpaired) electrons. The minimum absolute atomic E-state index is 0.295. The highest BCUT2D eigenvalue weighted by Crippen LogP contribution is 2.05. The van der Waals surface area contributed by atoms with Gasteiger partial charge < -0.3 is 15.2 Å². The van der Waals surface area contributed by atoms with E-state index in [4.69, 9.17) is 0 Å². The van der Waals surface area contributed by atoms with E-state index in [1.807, 2.05) is 0 Å². The van der Waals surface area contributed by atoms with Crippen LogP contribution in [0.5, 0.6) is 0 Å². The summed E-state index contributed by atoms with van der Waals surface area (Å²) in [6.07, 6.45) is 3.35. The Morgan fingerprint density at radius 1 is 1.50 bits per heavy atom. The summed E-state index contributed by atoms with van der Waals surface area (Å²) in [5, 5.41) is 11.9. The van der Waals surface area contributed by atoms with Crippen LogP contribution in [0.2, 0.25) is 0 Å². The smallest absolute Gasteiger partial charge is 0.217 e. The lowest BCUT2D eigenvalue weighted by Gasteiger charge is -2.17. The molecule has 4 nitrogen and oxygen atoms in total. The van der Waals surface area contributed by atoms with Crippen molar-refractivity contribution in [3.8, 4) is 0 Å². The second-order valence-electron chi connectivity index (χ2n) is 3.43. The van der Waals surface area contributed by atoms with Crippen molar-refractivity contribution in [1.29, 1.82) is 0 Å². The van der Waals surface area contributed by atoms with Crippen LogP contribution >= 0.6 is 0 Å². The monoisotopic (exact) mass is 201 g/mol. The van der Waals surface area contributed by atoms with Gasteiger partial charge in [0, 0.05) is 6.92 Å². The van der Waals surface area contributed by atoms with E-state index in [9.17, 15) is 14.7 Å². The SMILES string of the molecule is CCCCCC(O)C(C=O)NC(C)=O. The number of rotatable bonds is 7. The van der Waals surface area contributed by atoms with Gasteiger partial charge in [-0.1, -0.05) is 26.2 Å². The normalized spacial score (nSPS) is 14.5. The minimum Gasteiger partial charge on any atom is -0.391 e. The lowest BCUT2D eigenvalue weighted by Crippen LogP contribution is -2.43. The fraction of sp³-hybridized carbons (Fsp3) is 0.800. The topological polar surface area (TPSA) is 66.4 Å². The zero-order chi connectivity index (χ0) is 11.0. The van der Waals surface area contributed by atoms with Gasteiger partial charge in [-0.3, -0.25) is 4.79 Å². The molecule has 0 aliphatic heterocycles. The Labute approximate surface area is 84.7 Å². The number of unbranched alkanes of at least 4 members (excludes halogenated alkanes) is 2. The van der Waals surface area contributed by atoms with E-state index < -0.39 is 12.1 Å². The molecule has 0 spiro atoms. The lowest BCUT2D eigenvalue weighted by molar-refractivity contribution is -0.124. The van der Waals surface area contributed by atoms with Crippen LogP contribution in [0.1, 0.15) is 39.5 Å². The fourth-order valence-corrected chi connectivity index (χ4v) is 1.24. The molecule has 0 rings (SSSR count). The Bertz CT molecular complexity index is 182. The fourth-order valence-electron chi connectivity index (χ4n) is 1.24. The third-order valence-corrected chi connectivity index (χ3v) is 2.03. The van der Waals surface area contributed by atoms with Crippen LogP contribution in [0.3, 0.4) is 0 Å². The van der Waals surface area contributed by atoms with Gasteiger partial charge >= 0.3 is 0 Å². The molecule has 0 saturated heterocycles. The standard InChI is InChI=1S/C10H19NO3/c1-3-4-5-6-10(14)9(7-12)11-8(2)13/h7,9-10,14H,3-6H2,1-2H3,(H,11,13). The molecule has 2 atom stereocenters. The van der Waals surface area contributed by atoms with Gasteiger partial charge in [-0.2, -0.15) is 0 Å². The molecule has 0 aromatic rings. The molecule has 2 unspecified atom stereocenters. The van der Waals surface area contributed by atoms with Crippen LogP contribution in [-0.2, 0) is 9.59 Å². The van der Waals surface area contributed by atoms with Gasteiger partial charge in [0.1, 0.15) is 12.3 Å². The number of aliphatic hydroxyl groups is 1. The van der Waals surface area contributed by atoms with Crippen LogP contribution in [0.25, 0.3) is 0 Å². The molecule has 0 aromatic carbocycles. The summed E-state index contributed by atoms with van der Waals surface area (Å²) < 4.78 is 0. The third kappa shape index (κ3) is 5.70. The number of hydrogen-bond donors (Lipinski definition) is 2. The predicted molar refractivity (Wildman–Crippen MR) is 53.8 cm³/mol. The van der Waals surface area contributed by atoms with Gasteiger partial charge in [0.15, 0.2) is 0 Å². The molecule has 0 aliphatic rings. The molecule has 4 heteroatoms.